The number of alkyl carbamates (subject to hydrolysis) is 1. The molecule has 0 atom stereocenters. The first kappa shape index (κ1) is 31.8. The Bertz CT molecular complexity index is 1070. The fourth-order valence-electron chi connectivity index (χ4n) is 3.00. The van der Waals surface area contributed by atoms with Crippen LogP contribution in [0.1, 0.15) is 38.1 Å². The van der Waals surface area contributed by atoms with Crippen LogP contribution in [-0.4, -0.2) is 81.2 Å². The summed E-state index contributed by atoms with van der Waals surface area (Å²) in [6, 6.07) is 5.03. The van der Waals surface area contributed by atoms with Crippen molar-refractivity contribution in [3.8, 4) is 0 Å². The molecule has 1 heterocycles. The number of anilines is 4. The van der Waals surface area contributed by atoms with Crippen molar-refractivity contribution in [2.24, 2.45) is 0 Å². The predicted octanol–water partition coefficient (Wildman–Crippen LogP) is 2.92. The molecule has 0 radical (unpaired) electrons. The molecule has 14 heteroatoms. The van der Waals surface area contributed by atoms with Gasteiger partial charge in [0.05, 0.1) is 57.1 Å². The third kappa shape index (κ3) is 13.8. The van der Waals surface area contributed by atoms with E-state index in [1.165, 1.54) is 13.1 Å². The van der Waals surface area contributed by atoms with E-state index in [1.54, 1.807) is 39.0 Å². The lowest BCUT2D eigenvalue weighted by atomic mass is 10.1. The molecule has 0 unspecified atom stereocenters. The topological polar surface area (TPSA) is 175 Å². The number of aromatic nitrogens is 1. The number of nitrogens with two attached hydrogens (primary N) is 1. The lowest BCUT2D eigenvalue weighted by molar-refractivity contribution is -0.114. The van der Waals surface area contributed by atoms with Gasteiger partial charge in [-0.1, -0.05) is 11.3 Å². The van der Waals surface area contributed by atoms with Crippen molar-refractivity contribution < 1.29 is 33.3 Å². The zero-order valence-corrected chi connectivity index (χ0v) is 23.6. The number of hydrogen-bond donors (Lipinski definition) is 5. The number of ether oxygens (including phenoxy) is 4. The molecule has 0 bridgehead atoms. The van der Waals surface area contributed by atoms with Crippen LogP contribution >= 0.6 is 11.3 Å². The molecule has 2 rings (SSSR count). The van der Waals surface area contributed by atoms with E-state index < -0.39 is 17.6 Å². The van der Waals surface area contributed by atoms with Gasteiger partial charge in [-0.05, 0) is 39.0 Å². The quantitative estimate of drug-likeness (QED) is 0.190. The molecule has 216 valence electrons. The zero-order valence-electron chi connectivity index (χ0n) is 22.8. The molecule has 0 aliphatic heterocycles. The summed E-state index contributed by atoms with van der Waals surface area (Å²) in [4.78, 5) is 39.8. The fraction of sp³-hybridized carbons (Fsp3) is 0.520. The average Bonchev–Trinajstić information content (AvgIpc) is 3.24. The lowest BCUT2D eigenvalue weighted by Crippen LogP contribution is -2.34. The summed E-state index contributed by atoms with van der Waals surface area (Å²) in [5.74, 6) is -0.711. The number of nitrogens with zero attached hydrogens (tertiary/aromatic N) is 1. The maximum Gasteiger partial charge on any atom is 0.407 e. The first-order valence-corrected chi connectivity index (χ1v) is 13.2. The molecule has 2 aromatic rings. The van der Waals surface area contributed by atoms with Gasteiger partial charge in [-0.15, -0.1) is 0 Å². The Morgan fingerprint density at radius 3 is 2.18 bits per heavy atom. The van der Waals surface area contributed by atoms with Gasteiger partial charge in [-0.2, -0.15) is 0 Å². The van der Waals surface area contributed by atoms with Crippen molar-refractivity contribution in [1.82, 2.24) is 10.3 Å². The van der Waals surface area contributed by atoms with Gasteiger partial charge in [0.2, 0.25) is 5.91 Å². The molecule has 0 saturated carbocycles. The van der Waals surface area contributed by atoms with Crippen LogP contribution in [0, 0.1) is 0 Å². The summed E-state index contributed by atoms with van der Waals surface area (Å²) in [7, 11) is 0. The smallest absolute Gasteiger partial charge is 0.407 e. The Morgan fingerprint density at radius 2 is 1.59 bits per heavy atom. The third-order valence-corrected chi connectivity index (χ3v) is 5.30. The minimum absolute atomic E-state index is 0.293. The fourth-order valence-corrected chi connectivity index (χ4v) is 3.58. The largest absolute Gasteiger partial charge is 0.444 e. The summed E-state index contributed by atoms with van der Waals surface area (Å²) in [5, 5.41) is 12.0. The van der Waals surface area contributed by atoms with Crippen molar-refractivity contribution >= 4 is 50.8 Å². The predicted molar refractivity (Wildman–Crippen MR) is 150 cm³/mol. The molecule has 0 spiro atoms. The van der Waals surface area contributed by atoms with Crippen LogP contribution in [0.3, 0.4) is 0 Å². The molecule has 0 fully saturated rings. The number of benzene rings is 1. The zero-order chi connectivity index (χ0) is 28.7. The Hall–Kier alpha value is -3.46. The molecule has 39 heavy (non-hydrogen) atoms. The van der Waals surface area contributed by atoms with E-state index in [0.717, 1.165) is 11.3 Å². The average molecular weight is 567 g/mol. The van der Waals surface area contributed by atoms with Gasteiger partial charge < -0.3 is 40.6 Å². The molecule has 0 saturated heterocycles. The summed E-state index contributed by atoms with van der Waals surface area (Å²) < 4.78 is 21.5. The van der Waals surface area contributed by atoms with Crippen LogP contribution in [0.15, 0.2) is 24.4 Å². The van der Waals surface area contributed by atoms with Gasteiger partial charge in [0.25, 0.3) is 5.91 Å². The molecule has 1 aromatic carbocycles. The van der Waals surface area contributed by atoms with Crippen LogP contribution in [-0.2, 0) is 23.7 Å². The number of nitrogens with one attached hydrogen (secondary N) is 4. The molecule has 6 N–H and O–H groups in total. The highest BCUT2D eigenvalue weighted by Crippen LogP contribution is 2.24. The first-order chi connectivity index (χ1) is 18.5. The Balaban J connectivity index is 1.58. The third-order valence-electron chi connectivity index (χ3n) is 4.55. The maximum atomic E-state index is 12.7. The Labute approximate surface area is 232 Å². The lowest BCUT2D eigenvalue weighted by Gasteiger charge is -2.19. The normalized spacial score (nSPS) is 11.1. The van der Waals surface area contributed by atoms with Crippen molar-refractivity contribution in [3.05, 3.63) is 30.0 Å². The standard InChI is InChI=1S/C25H38N6O7S/c1-17(32)30-20-15-18(5-6-19(20)22(33)31-23-29-16-21(26)39-23)27-7-9-35-11-13-37-14-12-36-10-8-28-24(34)38-25(2,3)4/h5-6,15-16,27H,7-14,26H2,1-4H3,(H,28,34)(H,30,32)(H,29,31,33). The van der Waals surface area contributed by atoms with E-state index in [4.69, 9.17) is 24.7 Å². The van der Waals surface area contributed by atoms with Gasteiger partial charge in [-0.3, -0.25) is 14.9 Å². The number of carbonyl (C=O) groups is 3. The summed E-state index contributed by atoms with van der Waals surface area (Å²) >= 11 is 1.15. The molecular weight excluding hydrogens is 528 g/mol. The molecule has 13 nitrogen and oxygen atoms in total. The van der Waals surface area contributed by atoms with Crippen LogP contribution < -0.4 is 27.0 Å². The number of carbonyl (C=O) groups excluding carboxylic acids is 3. The second-order valence-electron chi connectivity index (χ2n) is 9.16. The first-order valence-electron chi connectivity index (χ1n) is 12.4. The summed E-state index contributed by atoms with van der Waals surface area (Å²) in [5.41, 5.74) is 6.50. The van der Waals surface area contributed by atoms with Crippen molar-refractivity contribution in [1.29, 1.82) is 0 Å². The number of thiazole rings is 1. The van der Waals surface area contributed by atoms with Crippen LogP contribution in [0.5, 0.6) is 0 Å². The van der Waals surface area contributed by atoms with Crippen molar-refractivity contribution in [2.75, 3.05) is 74.4 Å². The second kappa shape index (κ2) is 16.5. The van der Waals surface area contributed by atoms with E-state index in [9.17, 15) is 14.4 Å². The van der Waals surface area contributed by atoms with Gasteiger partial charge in [0.1, 0.15) is 10.6 Å². The SMILES string of the molecule is CC(=O)Nc1cc(NCCOCCOCCOCCNC(=O)OC(C)(C)C)ccc1C(=O)Nc1ncc(N)s1. The molecule has 0 aliphatic carbocycles. The van der Waals surface area contributed by atoms with E-state index in [-0.39, 0.29) is 5.91 Å². The van der Waals surface area contributed by atoms with Gasteiger partial charge in [0, 0.05) is 25.7 Å². The van der Waals surface area contributed by atoms with Crippen LogP contribution in [0.4, 0.5) is 26.3 Å². The molecule has 1 aromatic heterocycles. The van der Waals surface area contributed by atoms with E-state index in [2.05, 4.69) is 26.3 Å². The van der Waals surface area contributed by atoms with Crippen molar-refractivity contribution in [2.45, 2.75) is 33.3 Å². The van der Waals surface area contributed by atoms with E-state index in [1.807, 2.05) is 0 Å². The highest BCUT2D eigenvalue weighted by molar-refractivity contribution is 7.19. The van der Waals surface area contributed by atoms with Crippen LogP contribution in [0.2, 0.25) is 0 Å². The number of nitrogen functional groups attached to an aromatic ring is 1. The minimum atomic E-state index is -0.530. The Morgan fingerprint density at radius 1 is 0.949 bits per heavy atom. The number of hydrogen-bond acceptors (Lipinski definition) is 11. The number of rotatable bonds is 16. The highest BCUT2D eigenvalue weighted by atomic mass is 32.1. The molecule has 0 aliphatic rings. The van der Waals surface area contributed by atoms with E-state index in [0.29, 0.717) is 79.8 Å². The monoisotopic (exact) mass is 566 g/mol. The van der Waals surface area contributed by atoms with Gasteiger partial charge in [-0.25, -0.2) is 9.78 Å². The van der Waals surface area contributed by atoms with Gasteiger partial charge in [0.15, 0.2) is 5.13 Å². The molecular formula is C25H38N6O7S. The molecule has 3 amide bonds. The number of amides is 3. The minimum Gasteiger partial charge on any atom is -0.444 e. The Kier molecular flexibility index (Phi) is 13.4. The summed E-state index contributed by atoms with van der Waals surface area (Å²) in [6.07, 6.45) is 0.988. The van der Waals surface area contributed by atoms with Gasteiger partial charge >= 0.3 is 6.09 Å². The maximum absolute atomic E-state index is 12.7. The van der Waals surface area contributed by atoms with Crippen molar-refractivity contribution in [3.63, 3.8) is 0 Å². The second-order valence-corrected chi connectivity index (χ2v) is 10.2. The summed E-state index contributed by atoms with van der Waals surface area (Å²) in [6.45, 7) is 10.1. The van der Waals surface area contributed by atoms with Crippen LogP contribution in [0.25, 0.3) is 0 Å². The highest BCUT2D eigenvalue weighted by Gasteiger charge is 2.16. The van der Waals surface area contributed by atoms with E-state index >= 15 is 0 Å².